The van der Waals surface area contributed by atoms with Gasteiger partial charge in [0.25, 0.3) is 5.69 Å². The molecule has 2 aromatic rings. The molecule has 0 saturated carbocycles. The van der Waals surface area contributed by atoms with Gasteiger partial charge in [-0.1, -0.05) is 19.1 Å². The quantitative estimate of drug-likeness (QED) is 0.329. The number of rotatable bonds is 6. The Balaban J connectivity index is 1.73. The third-order valence-corrected chi connectivity index (χ3v) is 4.94. The van der Waals surface area contributed by atoms with Gasteiger partial charge >= 0.3 is 0 Å². The molecular formula is C21H22FN3O3. The van der Waals surface area contributed by atoms with Crippen molar-refractivity contribution in [2.75, 3.05) is 37.6 Å². The van der Waals surface area contributed by atoms with Gasteiger partial charge < -0.3 is 9.80 Å². The fourth-order valence-corrected chi connectivity index (χ4v) is 3.28. The van der Waals surface area contributed by atoms with E-state index in [0.29, 0.717) is 11.3 Å². The van der Waals surface area contributed by atoms with Crippen molar-refractivity contribution in [3.8, 4) is 0 Å². The van der Waals surface area contributed by atoms with Crippen LogP contribution in [0, 0.1) is 15.9 Å². The third-order valence-electron chi connectivity index (χ3n) is 4.94. The van der Waals surface area contributed by atoms with Crippen LogP contribution in [-0.2, 0) is 0 Å². The summed E-state index contributed by atoms with van der Waals surface area (Å²) in [5.41, 5.74) is 0.948. The second kappa shape index (κ2) is 8.75. The molecule has 0 amide bonds. The number of ketones is 1. The van der Waals surface area contributed by atoms with Crippen molar-refractivity contribution in [3.63, 3.8) is 0 Å². The first-order chi connectivity index (χ1) is 13.5. The Morgan fingerprint density at radius 2 is 1.89 bits per heavy atom. The maximum absolute atomic E-state index is 14.6. The summed E-state index contributed by atoms with van der Waals surface area (Å²) in [5.74, 6) is -0.839. The number of likely N-dealkylation sites (N-methyl/N-ethyl adjacent to an activating group) is 1. The monoisotopic (exact) mass is 383 g/mol. The van der Waals surface area contributed by atoms with Gasteiger partial charge in [0.05, 0.1) is 16.2 Å². The largest absolute Gasteiger partial charge is 0.367 e. The van der Waals surface area contributed by atoms with Gasteiger partial charge in [0.15, 0.2) is 5.78 Å². The number of para-hydroxylation sites is 1. The van der Waals surface area contributed by atoms with Crippen molar-refractivity contribution in [1.82, 2.24) is 4.90 Å². The molecule has 0 bridgehead atoms. The highest BCUT2D eigenvalue weighted by Gasteiger charge is 2.19. The Hall–Kier alpha value is -3.06. The van der Waals surface area contributed by atoms with Gasteiger partial charge in [0.2, 0.25) is 0 Å². The second-order valence-corrected chi connectivity index (χ2v) is 6.60. The lowest BCUT2D eigenvalue weighted by Crippen LogP contribution is -2.46. The minimum Gasteiger partial charge on any atom is -0.367 e. The fraction of sp³-hybridized carbons (Fsp3) is 0.286. The van der Waals surface area contributed by atoms with E-state index in [1.165, 1.54) is 24.3 Å². The molecular weight excluding hydrogens is 361 g/mol. The van der Waals surface area contributed by atoms with Crippen molar-refractivity contribution >= 4 is 23.2 Å². The van der Waals surface area contributed by atoms with E-state index in [2.05, 4.69) is 11.8 Å². The Bertz CT molecular complexity index is 906. The number of nitro groups is 1. The maximum Gasteiger partial charge on any atom is 0.276 e. The third kappa shape index (κ3) is 4.43. The number of halogens is 1. The van der Waals surface area contributed by atoms with E-state index >= 15 is 0 Å². The summed E-state index contributed by atoms with van der Waals surface area (Å²) in [6, 6.07) is 10.6. The Morgan fingerprint density at radius 3 is 2.54 bits per heavy atom. The molecule has 1 fully saturated rings. The van der Waals surface area contributed by atoms with Crippen LogP contribution in [-0.4, -0.2) is 48.3 Å². The van der Waals surface area contributed by atoms with Crippen LogP contribution in [0.3, 0.4) is 0 Å². The molecule has 0 aliphatic carbocycles. The number of carbonyl (C=O) groups is 1. The molecule has 3 rings (SSSR count). The van der Waals surface area contributed by atoms with Crippen molar-refractivity contribution in [2.24, 2.45) is 0 Å². The lowest BCUT2D eigenvalue weighted by atomic mass is 10.1. The first-order valence-corrected chi connectivity index (χ1v) is 9.22. The number of hydrogen-bond donors (Lipinski definition) is 0. The van der Waals surface area contributed by atoms with E-state index in [0.717, 1.165) is 32.7 Å². The molecule has 1 aliphatic rings. The highest BCUT2D eigenvalue weighted by molar-refractivity contribution is 6.07. The van der Waals surface area contributed by atoms with E-state index in [-0.39, 0.29) is 11.3 Å². The zero-order valence-electron chi connectivity index (χ0n) is 15.7. The number of piperazine rings is 1. The Labute approximate surface area is 163 Å². The number of nitrogens with zero attached hydrogens (tertiary/aromatic N) is 3. The normalized spacial score (nSPS) is 15.1. The molecule has 1 heterocycles. The summed E-state index contributed by atoms with van der Waals surface area (Å²) >= 11 is 0. The number of carbonyl (C=O) groups excluding carboxylic acids is 1. The number of hydrogen-bond acceptors (Lipinski definition) is 5. The number of anilines is 1. The topological polar surface area (TPSA) is 66.7 Å². The Kier molecular flexibility index (Phi) is 6.16. The molecule has 0 radical (unpaired) electrons. The van der Waals surface area contributed by atoms with Crippen LogP contribution in [0.2, 0.25) is 0 Å². The SMILES string of the molecule is CCN1CCN(c2ccc(C(=O)/C=C/c3ccccc3[N+](=O)[O-])cc2F)CC1. The summed E-state index contributed by atoms with van der Waals surface area (Å²) in [4.78, 5) is 27.2. The molecule has 146 valence electrons. The van der Waals surface area contributed by atoms with Gasteiger partial charge in [-0.05, 0) is 43.0 Å². The molecule has 28 heavy (non-hydrogen) atoms. The van der Waals surface area contributed by atoms with Crippen molar-refractivity contribution in [3.05, 3.63) is 75.6 Å². The first-order valence-electron chi connectivity index (χ1n) is 9.22. The van der Waals surface area contributed by atoms with Gasteiger partial charge in [-0.25, -0.2) is 4.39 Å². The molecule has 0 spiro atoms. The number of nitro benzene ring substituents is 1. The smallest absolute Gasteiger partial charge is 0.276 e. The van der Waals surface area contributed by atoms with E-state index in [1.54, 1.807) is 30.3 Å². The van der Waals surface area contributed by atoms with E-state index < -0.39 is 16.5 Å². The van der Waals surface area contributed by atoms with Crippen molar-refractivity contribution in [1.29, 1.82) is 0 Å². The van der Waals surface area contributed by atoms with E-state index in [4.69, 9.17) is 0 Å². The molecule has 0 aromatic heterocycles. The summed E-state index contributed by atoms with van der Waals surface area (Å²) < 4.78 is 14.6. The van der Waals surface area contributed by atoms with E-state index in [9.17, 15) is 19.3 Å². The van der Waals surface area contributed by atoms with Gasteiger partial charge in [0, 0.05) is 37.8 Å². The van der Waals surface area contributed by atoms with Crippen LogP contribution < -0.4 is 4.90 Å². The minimum atomic E-state index is -0.503. The zero-order chi connectivity index (χ0) is 20.1. The van der Waals surface area contributed by atoms with Gasteiger partial charge in [-0.15, -0.1) is 0 Å². The van der Waals surface area contributed by atoms with Crippen molar-refractivity contribution < 1.29 is 14.1 Å². The zero-order valence-corrected chi connectivity index (χ0v) is 15.7. The molecule has 0 N–H and O–H groups in total. The second-order valence-electron chi connectivity index (χ2n) is 6.60. The highest BCUT2D eigenvalue weighted by atomic mass is 19.1. The maximum atomic E-state index is 14.6. The lowest BCUT2D eigenvalue weighted by molar-refractivity contribution is -0.385. The van der Waals surface area contributed by atoms with Crippen LogP contribution in [0.1, 0.15) is 22.8 Å². The molecule has 1 aliphatic heterocycles. The van der Waals surface area contributed by atoms with Crippen LogP contribution in [0.5, 0.6) is 0 Å². The van der Waals surface area contributed by atoms with E-state index in [1.807, 2.05) is 4.90 Å². The molecule has 0 unspecified atom stereocenters. The summed E-state index contributed by atoms with van der Waals surface area (Å²) in [5, 5.41) is 11.0. The standard InChI is InChI=1S/C21H22FN3O3/c1-2-23-11-13-24(14-12-23)20-9-7-17(15-18(20)22)21(26)10-8-16-5-3-4-6-19(16)25(27)28/h3-10,15H,2,11-14H2,1H3/b10-8+. The van der Waals surface area contributed by atoms with Crippen LogP contribution in [0.15, 0.2) is 48.5 Å². The molecule has 1 saturated heterocycles. The highest BCUT2D eigenvalue weighted by Crippen LogP contribution is 2.23. The molecule has 7 heteroatoms. The number of benzene rings is 2. The van der Waals surface area contributed by atoms with Crippen LogP contribution >= 0.6 is 0 Å². The van der Waals surface area contributed by atoms with Gasteiger partial charge in [-0.2, -0.15) is 0 Å². The minimum absolute atomic E-state index is 0.0840. The molecule has 0 atom stereocenters. The molecule has 6 nitrogen and oxygen atoms in total. The van der Waals surface area contributed by atoms with Crippen LogP contribution in [0.25, 0.3) is 6.08 Å². The lowest BCUT2D eigenvalue weighted by Gasteiger charge is -2.35. The van der Waals surface area contributed by atoms with Crippen LogP contribution in [0.4, 0.5) is 15.8 Å². The summed E-state index contributed by atoms with van der Waals surface area (Å²) in [6.45, 7) is 6.35. The van der Waals surface area contributed by atoms with Crippen molar-refractivity contribution in [2.45, 2.75) is 6.92 Å². The average molecular weight is 383 g/mol. The fourth-order valence-electron chi connectivity index (χ4n) is 3.28. The van der Waals surface area contributed by atoms with Gasteiger partial charge in [-0.3, -0.25) is 14.9 Å². The summed E-state index contributed by atoms with van der Waals surface area (Å²) in [7, 11) is 0. The number of allylic oxidation sites excluding steroid dienone is 1. The average Bonchev–Trinajstić information content (AvgIpc) is 2.72. The molecule has 2 aromatic carbocycles. The first kappa shape index (κ1) is 19.7. The predicted octanol–water partition coefficient (Wildman–Crippen LogP) is 3.77. The summed E-state index contributed by atoms with van der Waals surface area (Å²) in [6.07, 6.45) is 2.62. The van der Waals surface area contributed by atoms with Gasteiger partial charge in [0.1, 0.15) is 5.82 Å². The Morgan fingerprint density at radius 1 is 1.18 bits per heavy atom. The predicted molar refractivity (Wildman–Crippen MR) is 107 cm³/mol.